The lowest BCUT2D eigenvalue weighted by atomic mass is 10.1. The van der Waals surface area contributed by atoms with E-state index in [4.69, 9.17) is 21.9 Å². The summed E-state index contributed by atoms with van der Waals surface area (Å²) in [5.74, 6) is 0.336. The number of nitrogens with zero attached hydrogens (tertiary/aromatic N) is 1. The lowest BCUT2D eigenvalue weighted by molar-refractivity contribution is 0.439. The molecule has 3 rings (SSSR count). The van der Waals surface area contributed by atoms with Crippen LogP contribution >= 0.6 is 22.9 Å². The third-order valence-corrected chi connectivity index (χ3v) is 3.74. The molecule has 0 saturated carbocycles. The normalized spacial score (nSPS) is 10.7. The first-order valence-electron chi connectivity index (χ1n) is 5.30. The van der Waals surface area contributed by atoms with E-state index in [-0.39, 0.29) is 0 Å². The van der Waals surface area contributed by atoms with Crippen molar-refractivity contribution in [3.05, 3.63) is 46.8 Å². The van der Waals surface area contributed by atoms with E-state index in [2.05, 4.69) is 5.16 Å². The first-order valence-corrected chi connectivity index (χ1v) is 6.56. The molecule has 0 amide bonds. The molecule has 0 atom stereocenters. The van der Waals surface area contributed by atoms with E-state index in [1.165, 1.54) is 0 Å². The second-order valence-corrected chi connectivity index (χ2v) is 5.14. The minimum Gasteiger partial charge on any atom is -0.367 e. The minimum atomic E-state index is 0.336. The number of nitrogens with two attached hydrogens (primary N) is 1. The fourth-order valence-electron chi connectivity index (χ4n) is 1.77. The molecule has 0 fully saturated rings. The van der Waals surface area contributed by atoms with Crippen LogP contribution in [-0.2, 0) is 0 Å². The van der Waals surface area contributed by atoms with Crippen LogP contribution in [0.15, 0.2) is 46.3 Å². The van der Waals surface area contributed by atoms with Gasteiger partial charge in [0.05, 0.1) is 5.56 Å². The van der Waals surface area contributed by atoms with E-state index in [0.29, 0.717) is 10.9 Å². The van der Waals surface area contributed by atoms with Gasteiger partial charge in [-0.15, -0.1) is 11.3 Å². The van der Waals surface area contributed by atoms with Gasteiger partial charge >= 0.3 is 0 Å². The highest BCUT2D eigenvalue weighted by atomic mass is 35.5. The Morgan fingerprint density at radius 2 is 1.94 bits per heavy atom. The molecular weight excluding hydrogens is 268 g/mol. The van der Waals surface area contributed by atoms with Crippen molar-refractivity contribution in [3.8, 4) is 21.7 Å². The zero-order valence-corrected chi connectivity index (χ0v) is 10.8. The molecule has 0 bridgehead atoms. The smallest absolute Gasteiger partial charge is 0.231 e. The fourth-order valence-corrected chi connectivity index (χ4v) is 2.67. The zero-order chi connectivity index (χ0) is 12.5. The summed E-state index contributed by atoms with van der Waals surface area (Å²) in [7, 11) is 0. The summed E-state index contributed by atoms with van der Waals surface area (Å²) in [5, 5.41) is 6.72. The summed E-state index contributed by atoms with van der Waals surface area (Å²) < 4.78 is 5.11. The fraction of sp³-hybridized carbons (Fsp3) is 0. The first kappa shape index (κ1) is 11.3. The molecule has 2 heterocycles. The van der Waals surface area contributed by atoms with Gasteiger partial charge in [-0.1, -0.05) is 35.0 Å². The minimum absolute atomic E-state index is 0.336. The van der Waals surface area contributed by atoms with Crippen molar-refractivity contribution in [2.24, 2.45) is 0 Å². The van der Waals surface area contributed by atoms with Crippen LogP contribution < -0.4 is 5.73 Å². The Hall–Kier alpha value is -1.78. The summed E-state index contributed by atoms with van der Waals surface area (Å²) >= 11 is 7.48. The van der Waals surface area contributed by atoms with Gasteiger partial charge in [0.2, 0.25) is 5.88 Å². The maximum absolute atomic E-state index is 5.88. The number of thiophene rings is 1. The van der Waals surface area contributed by atoms with Crippen LogP contribution in [-0.4, -0.2) is 5.16 Å². The van der Waals surface area contributed by atoms with Gasteiger partial charge in [0.15, 0.2) is 0 Å². The Labute approximate surface area is 113 Å². The molecule has 5 heteroatoms. The molecule has 0 unspecified atom stereocenters. The molecule has 3 aromatic rings. The predicted octanol–water partition coefficient (Wildman–Crippen LogP) is 4.31. The van der Waals surface area contributed by atoms with E-state index in [0.717, 1.165) is 21.7 Å². The highest BCUT2D eigenvalue weighted by molar-refractivity contribution is 7.13. The molecule has 2 aromatic heterocycles. The van der Waals surface area contributed by atoms with Gasteiger partial charge in [-0.05, 0) is 23.6 Å². The topological polar surface area (TPSA) is 52.0 Å². The van der Waals surface area contributed by atoms with Crippen LogP contribution in [0.2, 0.25) is 5.02 Å². The van der Waals surface area contributed by atoms with Crippen LogP contribution in [0.5, 0.6) is 0 Å². The lowest BCUT2D eigenvalue weighted by Crippen LogP contribution is -1.85. The molecule has 0 spiro atoms. The Bertz CT molecular complexity index is 659. The number of aromatic nitrogens is 1. The maximum Gasteiger partial charge on any atom is 0.231 e. The molecule has 0 aliphatic rings. The highest BCUT2D eigenvalue weighted by Gasteiger charge is 2.17. The van der Waals surface area contributed by atoms with Crippen molar-refractivity contribution < 1.29 is 4.52 Å². The van der Waals surface area contributed by atoms with Crippen molar-refractivity contribution in [1.29, 1.82) is 0 Å². The number of rotatable bonds is 2. The van der Waals surface area contributed by atoms with Gasteiger partial charge in [-0.25, -0.2) is 0 Å². The van der Waals surface area contributed by atoms with Crippen molar-refractivity contribution in [1.82, 2.24) is 5.16 Å². The van der Waals surface area contributed by atoms with Gasteiger partial charge in [-0.2, -0.15) is 0 Å². The average Bonchev–Trinajstić information content (AvgIpc) is 2.99. The van der Waals surface area contributed by atoms with Crippen LogP contribution in [0, 0.1) is 0 Å². The van der Waals surface area contributed by atoms with Gasteiger partial charge < -0.3 is 10.3 Å². The Morgan fingerprint density at radius 1 is 1.17 bits per heavy atom. The van der Waals surface area contributed by atoms with Crippen LogP contribution in [0.25, 0.3) is 21.7 Å². The van der Waals surface area contributed by atoms with Gasteiger partial charge in [0.25, 0.3) is 0 Å². The quantitative estimate of drug-likeness (QED) is 0.759. The first-order chi connectivity index (χ1) is 8.75. The molecule has 0 saturated heterocycles. The second-order valence-electron chi connectivity index (χ2n) is 3.75. The second kappa shape index (κ2) is 4.48. The zero-order valence-electron chi connectivity index (χ0n) is 9.26. The summed E-state index contributed by atoms with van der Waals surface area (Å²) in [6.45, 7) is 0. The summed E-state index contributed by atoms with van der Waals surface area (Å²) in [4.78, 5) is 1.04. The number of nitrogen functional groups attached to an aromatic ring is 1. The number of halogens is 1. The predicted molar refractivity (Wildman–Crippen MR) is 74.7 cm³/mol. The molecule has 18 heavy (non-hydrogen) atoms. The highest BCUT2D eigenvalue weighted by Crippen LogP contribution is 2.38. The Morgan fingerprint density at radius 3 is 2.61 bits per heavy atom. The van der Waals surface area contributed by atoms with Crippen molar-refractivity contribution in [2.45, 2.75) is 0 Å². The van der Waals surface area contributed by atoms with Gasteiger partial charge in [0.1, 0.15) is 5.69 Å². The lowest BCUT2D eigenvalue weighted by Gasteiger charge is -2.00. The largest absolute Gasteiger partial charge is 0.367 e. The van der Waals surface area contributed by atoms with E-state index < -0.39 is 0 Å². The number of anilines is 1. The van der Waals surface area contributed by atoms with Crippen LogP contribution in [0.4, 0.5) is 5.88 Å². The Balaban J connectivity index is 2.16. The maximum atomic E-state index is 5.88. The summed E-state index contributed by atoms with van der Waals surface area (Å²) in [6, 6.07) is 11.4. The molecule has 90 valence electrons. The molecule has 1 aromatic carbocycles. The van der Waals surface area contributed by atoms with Crippen molar-refractivity contribution >= 4 is 28.8 Å². The third kappa shape index (κ3) is 1.89. The summed E-state index contributed by atoms with van der Waals surface area (Å²) in [6.07, 6.45) is 0. The molecule has 0 aliphatic carbocycles. The van der Waals surface area contributed by atoms with Gasteiger partial charge in [0, 0.05) is 15.5 Å². The summed E-state index contributed by atoms with van der Waals surface area (Å²) in [5.41, 5.74) is 8.37. The van der Waals surface area contributed by atoms with E-state index in [1.807, 2.05) is 41.8 Å². The number of benzene rings is 1. The number of hydrogen-bond acceptors (Lipinski definition) is 4. The molecular formula is C13H9ClN2OS. The van der Waals surface area contributed by atoms with E-state index >= 15 is 0 Å². The van der Waals surface area contributed by atoms with E-state index in [1.54, 1.807) is 11.3 Å². The molecule has 0 aliphatic heterocycles. The van der Waals surface area contributed by atoms with Crippen LogP contribution in [0.3, 0.4) is 0 Å². The molecule has 0 radical (unpaired) electrons. The SMILES string of the molecule is Nc1onc(-c2ccc(Cl)cc2)c1-c1cccs1. The standard InChI is InChI=1S/C13H9ClN2OS/c14-9-5-3-8(4-6-9)12-11(13(15)17-16-12)10-2-1-7-18-10/h1-7H,15H2. The van der Waals surface area contributed by atoms with Crippen molar-refractivity contribution in [2.75, 3.05) is 5.73 Å². The van der Waals surface area contributed by atoms with Gasteiger partial charge in [-0.3, -0.25) is 0 Å². The molecule has 3 nitrogen and oxygen atoms in total. The molecule has 2 N–H and O–H groups in total. The average molecular weight is 277 g/mol. The van der Waals surface area contributed by atoms with Crippen molar-refractivity contribution in [3.63, 3.8) is 0 Å². The van der Waals surface area contributed by atoms with E-state index in [9.17, 15) is 0 Å². The van der Waals surface area contributed by atoms with Crippen LogP contribution in [0.1, 0.15) is 0 Å². The third-order valence-electron chi connectivity index (χ3n) is 2.60. The number of hydrogen-bond donors (Lipinski definition) is 1. The monoisotopic (exact) mass is 276 g/mol. The Kier molecular flexibility index (Phi) is 2.81.